The summed E-state index contributed by atoms with van der Waals surface area (Å²) in [7, 11) is -5.33. The van der Waals surface area contributed by atoms with Crippen molar-refractivity contribution in [3.05, 3.63) is 0 Å². The Morgan fingerprint density at radius 3 is 0.900 bits per heavy atom. The normalized spacial score (nSPS) is 15.9. The molecule has 30 heavy (non-hydrogen) atoms. The predicted molar refractivity (Wildman–Crippen MR) is 52.1 cm³/mol. The van der Waals surface area contributed by atoms with Crippen molar-refractivity contribution in [3.8, 4) is 0 Å². The van der Waals surface area contributed by atoms with Crippen LogP contribution in [-0.4, -0.2) is 56.2 Å². The van der Waals surface area contributed by atoms with Crippen LogP contribution >= 0.6 is 0 Å². The molecule has 0 saturated carbocycles. The first-order chi connectivity index (χ1) is 12.2. The Labute approximate surface area is 168 Å². The summed E-state index contributed by atoms with van der Waals surface area (Å²) in [6.07, 6.45) is -15.2. The van der Waals surface area contributed by atoms with Gasteiger partial charge in [-0.1, -0.05) is 0 Å². The fourth-order valence-electron chi connectivity index (χ4n) is 1.30. The molecule has 0 aliphatic carbocycles. The van der Waals surface area contributed by atoms with E-state index in [9.17, 15) is 83.1 Å². The molecule has 22 heteroatoms. The quantitative estimate of drug-likeness (QED) is 0.277. The number of rotatable bonds is 8. The van der Waals surface area contributed by atoms with Gasteiger partial charge in [-0.25, -0.2) is 8.42 Å². The molecule has 0 bridgehead atoms. The molecule has 0 radical (unpaired) electrons. The Morgan fingerprint density at radius 1 is 0.433 bits per heavy atom. The molecule has 0 aromatic rings. The minimum absolute atomic E-state index is 0. The molecule has 0 rings (SSSR count). The maximum atomic E-state index is 13.1. The molecule has 0 unspecified atom stereocenters. The van der Waals surface area contributed by atoms with Gasteiger partial charge in [-0.2, -0.15) is 78.8 Å². The summed E-state index contributed by atoms with van der Waals surface area (Å²) in [5.41, 5.74) is 0. The number of thiol groups is 1. The van der Waals surface area contributed by atoms with Crippen LogP contribution in [0.2, 0.25) is 0 Å². The van der Waals surface area contributed by atoms with E-state index in [0.717, 1.165) is 0 Å². The van der Waals surface area contributed by atoms with Crippen molar-refractivity contribution in [1.29, 1.82) is 0 Å². The molecule has 3 nitrogen and oxygen atoms in total. The molecular formula is C8HF17O3STi. The van der Waals surface area contributed by atoms with Crippen LogP contribution in [0.1, 0.15) is 0 Å². The van der Waals surface area contributed by atoms with E-state index in [1.807, 2.05) is 0 Å². The van der Waals surface area contributed by atoms with Gasteiger partial charge in [-0.05, 0) is 0 Å². The first kappa shape index (κ1) is 31.6. The van der Waals surface area contributed by atoms with E-state index in [0.29, 0.717) is 0 Å². The van der Waals surface area contributed by atoms with Gasteiger partial charge in [0.25, 0.3) is 11.0 Å². The van der Waals surface area contributed by atoms with Crippen LogP contribution in [0.3, 0.4) is 0 Å². The van der Waals surface area contributed by atoms with Crippen molar-refractivity contribution in [2.24, 2.45) is 0 Å². The number of hydrogen-bond acceptors (Lipinski definition) is 3. The summed E-state index contributed by atoms with van der Waals surface area (Å²) in [6, 6.07) is 0. The largest absolute Gasteiger partial charge is 0.460 e. The summed E-state index contributed by atoms with van der Waals surface area (Å²) in [5, 5.41) is 0. The van der Waals surface area contributed by atoms with Crippen LogP contribution in [0.5, 0.6) is 0 Å². The van der Waals surface area contributed by atoms with Crippen LogP contribution in [0.15, 0.2) is 0 Å². The van der Waals surface area contributed by atoms with E-state index in [2.05, 4.69) is 0 Å². The maximum absolute atomic E-state index is 13.1. The summed E-state index contributed by atoms with van der Waals surface area (Å²) >= 11 is 0. The predicted octanol–water partition coefficient (Wildman–Crippen LogP) is 4.49. The van der Waals surface area contributed by atoms with Crippen molar-refractivity contribution in [2.45, 2.75) is 47.8 Å². The Balaban J connectivity index is 0. The van der Waals surface area contributed by atoms with E-state index >= 15 is 0 Å². The molecular weight excluding hydrogens is 547 g/mol. The van der Waals surface area contributed by atoms with Crippen LogP contribution in [0.25, 0.3) is 0 Å². The molecule has 180 valence electrons. The first-order valence-corrected chi connectivity index (χ1v) is 6.81. The van der Waals surface area contributed by atoms with Gasteiger partial charge in [0, 0.05) is 21.7 Å². The van der Waals surface area contributed by atoms with Gasteiger partial charge in [0.2, 0.25) is 0 Å². The average molecular weight is 548 g/mol. The minimum atomic E-state index is -8.78. The Hall–Kier alpha value is -0.566. The SMILES string of the molecule is O=[SH](=O)OC(F)(F)C(F)(F)C(F)(F)C(F)(F)C(F)(F)C(F)(F)C(F)(F)C(F)(F)F.[Ti]. The molecule has 0 atom stereocenters. The number of halogens is 17. The van der Waals surface area contributed by atoms with Gasteiger partial charge in [-0.15, -0.1) is 0 Å². The molecule has 0 spiro atoms. The van der Waals surface area contributed by atoms with Gasteiger partial charge in [0.05, 0.1) is 0 Å². The van der Waals surface area contributed by atoms with Crippen molar-refractivity contribution < 1.29 is 109 Å². The Morgan fingerprint density at radius 2 is 0.667 bits per heavy atom. The summed E-state index contributed by atoms with van der Waals surface area (Å²) < 4.78 is 236. The first-order valence-electron chi connectivity index (χ1n) is 5.71. The molecule has 0 amide bonds. The van der Waals surface area contributed by atoms with Crippen LogP contribution in [0, 0.1) is 0 Å². The van der Waals surface area contributed by atoms with Crippen LogP contribution < -0.4 is 0 Å². The molecule has 0 fully saturated rings. The van der Waals surface area contributed by atoms with E-state index in [4.69, 9.17) is 0 Å². The smallest absolute Gasteiger partial charge is 0.202 e. The van der Waals surface area contributed by atoms with Crippen molar-refractivity contribution in [2.75, 3.05) is 0 Å². The molecule has 0 saturated heterocycles. The monoisotopic (exact) mass is 548 g/mol. The standard InChI is InChI=1S/C8HF17O3S.Ti/c9-1(10,3(13,14)5(17,18)7(21,22)23)2(11,12)4(15,16)6(19,20)8(24,25)28-29(26)27;/h29H;. The van der Waals surface area contributed by atoms with Crippen LogP contribution in [-0.2, 0) is 36.9 Å². The zero-order chi connectivity index (χ0) is 24.3. The van der Waals surface area contributed by atoms with E-state index in [1.165, 1.54) is 0 Å². The van der Waals surface area contributed by atoms with Gasteiger partial charge < -0.3 is 0 Å². The zero-order valence-corrected chi connectivity index (χ0v) is 15.1. The molecule has 0 heterocycles. The third-order valence-electron chi connectivity index (χ3n) is 2.88. The molecule has 0 aromatic carbocycles. The van der Waals surface area contributed by atoms with Crippen LogP contribution in [0.4, 0.5) is 74.6 Å². The van der Waals surface area contributed by atoms with Crippen molar-refractivity contribution >= 4 is 11.0 Å². The molecule has 0 aromatic heterocycles. The topological polar surface area (TPSA) is 43.4 Å². The van der Waals surface area contributed by atoms with Gasteiger partial charge in [0.15, 0.2) is 0 Å². The fraction of sp³-hybridized carbons (Fsp3) is 1.00. The van der Waals surface area contributed by atoms with Gasteiger partial charge in [-0.3, -0.25) is 0 Å². The molecule has 0 aliphatic heterocycles. The Bertz CT molecular complexity index is 688. The van der Waals surface area contributed by atoms with E-state index < -0.39 is 58.8 Å². The Kier molecular flexibility index (Phi) is 8.53. The summed E-state index contributed by atoms with van der Waals surface area (Å²) in [5.74, 6) is -51.2. The number of alkyl halides is 17. The van der Waals surface area contributed by atoms with Crippen molar-refractivity contribution in [3.63, 3.8) is 0 Å². The maximum Gasteiger partial charge on any atom is 0.460 e. The molecule has 0 N–H and O–H groups in total. The second-order valence-electron chi connectivity index (χ2n) is 4.78. The third-order valence-corrected chi connectivity index (χ3v) is 3.26. The second-order valence-corrected chi connectivity index (χ2v) is 5.41. The number of hydrogen-bond donors (Lipinski definition) is 1. The average Bonchev–Trinajstić information content (AvgIpc) is 2.43. The van der Waals surface area contributed by atoms with E-state index in [-0.39, 0.29) is 21.7 Å². The fourth-order valence-corrected chi connectivity index (χ4v) is 1.60. The summed E-state index contributed by atoms with van der Waals surface area (Å²) in [4.78, 5) is 0. The summed E-state index contributed by atoms with van der Waals surface area (Å²) in [6.45, 7) is 0. The second kappa shape index (κ2) is 8.09. The van der Waals surface area contributed by atoms with E-state index in [1.54, 1.807) is 4.18 Å². The minimum Gasteiger partial charge on any atom is -0.202 e. The van der Waals surface area contributed by atoms with Crippen molar-refractivity contribution in [1.82, 2.24) is 0 Å². The molecule has 0 aliphatic rings. The van der Waals surface area contributed by atoms with Gasteiger partial charge in [0.1, 0.15) is 0 Å². The third kappa shape index (κ3) is 4.22. The zero-order valence-electron chi connectivity index (χ0n) is 12.6. The van der Waals surface area contributed by atoms with Gasteiger partial charge >= 0.3 is 47.8 Å².